The molecule has 0 atom stereocenters. The fraction of sp³-hybridized carbons (Fsp3) is 0.304. The Labute approximate surface area is 179 Å². The molecular weight excluding hydrogens is 394 g/mol. The quantitative estimate of drug-likeness (QED) is 0.455. The van der Waals surface area contributed by atoms with E-state index in [0.29, 0.717) is 24.0 Å². The minimum absolute atomic E-state index is 0.419. The Hall–Kier alpha value is -3.68. The lowest BCUT2D eigenvalue weighted by molar-refractivity contribution is 0.354. The summed E-state index contributed by atoms with van der Waals surface area (Å²) in [6.45, 7) is 0.694. The maximum absolute atomic E-state index is 5.47. The Kier molecular flexibility index (Phi) is 5.11. The van der Waals surface area contributed by atoms with Gasteiger partial charge < -0.3 is 19.3 Å². The fourth-order valence-corrected chi connectivity index (χ4v) is 3.59. The fourth-order valence-electron chi connectivity index (χ4n) is 3.59. The van der Waals surface area contributed by atoms with Gasteiger partial charge in [-0.3, -0.25) is 0 Å². The molecule has 8 heteroatoms. The van der Waals surface area contributed by atoms with Crippen molar-refractivity contribution < 1.29 is 14.0 Å². The van der Waals surface area contributed by atoms with Gasteiger partial charge in [-0.15, -0.1) is 10.2 Å². The molecule has 1 aliphatic rings. The van der Waals surface area contributed by atoms with E-state index in [-0.39, 0.29) is 0 Å². The Balaban J connectivity index is 1.36. The van der Waals surface area contributed by atoms with Crippen LogP contribution in [0.25, 0.3) is 22.4 Å². The lowest BCUT2D eigenvalue weighted by atomic mass is 10.1. The van der Waals surface area contributed by atoms with E-state index in [0.717, 1.165) is 58.7 Å². The number of aromatic nitrogens is 4. The maximum atomic E-state index is 5.47. The van der Waals surface area contributed by atoms with Crippen molar-refractivity contribution in [2.24, 2.45) is 0 Å². The van der Waals surface area contributed by atoms with Crippen LogP contribution in [0, 0.1) is 0 Å². The van der Waals surface area contributed by atoms with Crippen molar-refractivity contribution in [1.29, 1.82) is 0 Å². The lowest BCUT2D eigenvalue weighted by Crippen LogP contribution is -2.08. The maximum Gasteiger partial charge on any atom is 0.279 e. The average molecular weight is 417 g/mol. The number of methoxy groups -OCH3 is 2. The van der Waals surface area contributed by atoms with Gasteiger partial charge in [-0.2, -0.15) is 4.98 Å². The van der Waals surface area contributed by atoms with Crippen LogP contribution in [0.3, 0.4) is 0 Å². The molecule has 1 N–H and O–H groups in total. The van der Waals surface area contributed by atoms with Crippen LogP contribution in [0.2, 0.25) is 0 Å². The third-order valence-corrected chi connectivity index (χ3v) is 5.43. The molecule has 2 aromatic carbocycles. The van der Waals surface area contributed by atoms with Crippen molar-refractivity contribution in [3.8, 4) is 23.1 Å². The van der Waals surface area contributed by atoms with Crippen LogP contribution in [0.15, 0.2) is 47.0 Å². The summed E-state index contributed by atoms with van der Waals surface area (Å²) in [7, 11) is 3.27. The molecule has 0 aliphatic heterocycles. The van der Waals surface area contributed by atoms with E-state index in [1.165, 1.54) is 0 Å². The Morgan fingerprint density at radius 3 is 2.58 bits per heavy atom. The third kappa shape index (κ3) is 3.88. The zero-order valence-electron chi connectivity index (χ0n) is 17.5. The third-order valence-electron chi connectivity index (χ3n) is 5.43. The van der Waals surface area contributed by atoms with Gasteiger partial charge in [-0.25, -0.2) is 0 Å². The van der Waals surface area contributed by atoms with E-state index in [9.17, 15) is 0 Å². The highest BCUT2D eigenvalue weighted by Gasteiger charge is 2.29. The highest BCUT2D eigenvalue weighted by Crippen LogP contribution is 2.39. The summed E-state index contributed by atoms with van der Waals surface area (Å²) in [4.78, 5) is 4.53. The first-order valence-corrected chi connectivity index (χ1v) is 10.3. The number of benzene rings is 2. The van der Waals surface area contributed by atoms with E-state index in [4.69, 9.17) is 14.0 Å². The number of rotatable bonds is 8. The van der Waals surface area contributed by atoms with Crippen molar-refractivity contribution in [1.82, 2.24) is 20.3 Å². The molecule has 0 bridgehead atoms. The van der Waals surface area contributed by atoms with Gasteiger partial charge in [0.05, 0.1) is 14.2 Å². The van der Waals surface area contributed by atoms with Gasteiger partial charge in [-0.05, 0) is 37.0 Å². The van der Waals surface area contributed by atoms with Crippen molar-refractivity contribution in [2.45, 2.75) is 25.2 Å². The monoisotopic (exact) mass is 417 g/mol. The molecule has 2 aromatic heterocycles. The molecule has 1 aliphatic carbocycles. The Morgan fingerprint density at radius 1 is 1.00 bits per heavy atom. The molecule has 2 heterocycles. The SMILES string of the molecule is COc1ccc(CCNc2nnc(-c3nc(C4CC4)no3)c3ccccc23)cc1OC. The summed E-state index contributed by atoms with van der Waals surface area (Å²) >= 11 is 0. The summed E-state index contributed by atoms with van der Waals surface area (Å²) in [6.07, 6.45) is 3.04. The zero-order chi connectivity index (χ0) is 21.2. The highest BCUT2D eigenvalue weighted by atomic mass is 16.5. The van der Waals surface area contributed by atoms with Crippen LogP contribution < -0.4 is 14.8 Å². The summed E-state index contributed by atoms with van der Waals surface area (Å²) in [5, 5.41) is 18.2. The number of nitrogens with zero attached hydrogens (tertiary/aromatic N) is 4. The van der Waals surface area contributed by atoms with Crippen LogP contribution >= 0.6 is 0 Å². The van der Waals surface area contributed by atoms with Gasteiger partial charge in [0.2, 0.25) is 0 Å². The number of hydrogen-bond donors (Lipinski definition) is 1. The van der Waals surface area contributed by atoms with Crippen LogP contribution in [0.1, 0.15) is 30.1 Å². The van der Waals surface area contributed by atoms with E-state index >= 15 is 0 Å². The topological polar surface area (TPSA) is 95.2 Å². The van der Waals surface area contributed by atoms with Crippen LogP contribution in [0.4, 0.5) is 5.82 Å². The molecule has 0 radical (unpaired) electrons. The highest BCUT2D eigenvalue weighted by molar-refractivity contribution is 5.98. The van der Waals surface area contributed by atoms with Gasteiger partial charge in [0, 0.05) is 23.2 Å². The standard InChI is InChI=1S/C23H23N5O3/c1-29-18-10-7-14(13-19(18)30-2)11-12-24-22-17-6-4-3-5-16(17)20(26-27-22)23-25-21(28-31-23)15-8-9-15/h3-7,10,13,15H,8-9,11-12H2,1-2H3,(H,24,27). The first kappa shape index (κ1) is 19.3. The minimum Gasteiger partial charge on any atom is -0.493 e. The van der Waals surface area contributed by atoms with Crippen LogP contribution in [-0.4, -0.2) is 41.1 Å². The molecule has 8 nitrogen and oxygen atoms in total. The van der Waals surface area contributed by atoms with E-state index < -0.39 is 0 Å². The Morgan fingerprint density at radius 2 is 1.81 bits per heavy atom. The van der Waals surface area contributed by atoms with E-state index in [1.807, 2.05) is 42.5 Å². The molecule has 4 aromatic rings. The van der Waals surface area contributed by atoms with Crippen molar-refractivity contribution in [3.63, 3.8) is 0 Å². The second-order valence-electron chi connectivity index (χ2n) is 7.54. The smallest absolute Gasteiger partial charge is 0.279 e. The number of hydrogen-bond acceptors (Lipinski definition) is 8. The average Bonchev–Trinajstić information content (AvgIpc) is 3.56. The van der Waals surface area contributed by atoms with E-state index in [1.54, 1.807) is 14.2 Å². The molecule has 0 saturated heterocycles. The van der Waals surface area contributed by atoms with Crippen molar-refractivity contribution in [2.75, 3.05) is 26.1 Å². The number of fused-ring (bicyclic) bond motifs is 1. The molecule has 0 spiro atoms. The van der Waals surface area contributed by atoms with Gasteiger partial charge >= 0.3 is 0 Å². The number of ether oxygens (including phenoxy) is 2. The first-order valence-electron chi connectivity index (χ1n) is 10.3. The summed E-state index contributed by atoms with van der Waals surface area (Å²) < 4.78 is 16.2. The van der Waals surface area contributed by atoms with Gasteiger partial charge in [0.15, 0.2) is 28.8 Å². The molecule has 5 rings (SSSR count). The van der Waals surface area contributed by atoms with Gasteiger partial charge in [-0.1, -0.05) is 35.5 Å². The number of nitrogens with one attached hydrogen (secondary N) is 1. The van der Waals surface area contributed by atoms with Crippen LogP contribution in [-0.2, 0) is 6.42 Å². The van der Waals surface area contributed by atoms with Crippen LogP contribution in [0.5, 0.6) is 11.5 Å². The van der Waals surface area contributed by atoms with Gasteiger partial charge in [0.25, 0.3) is 5.89 Å². The molecular formula is C23H23N5O3. The summed E-state index contributed by atoms with van der Waals surface area (Å²) in [5.41, 5.74) is 1.75. The molecule has 158 valence electrons. The molecule has 1 fully saturated rings. The molecule has 31 heavy (non-hydrogen) atoms. The largest absolute Gasteiger partial charge is 0.493 e. The first-order chi connectivity index (χ1) is 15.3. The van der Waals surface area contributed by atoms with Crippen molar-refractivity contribution in [3.05, 3.63) is 53.9 Å². The predicted octanol–water partition coefficient (Wildman–Crippen LogP) is 4.23. The molecule has 1 saturated carbocycles. The number of anilines is 1. The molecule has 0 amide bonds. The summed E-state index contributed by atoms with van der Waals surface area (Å²) in [6, 6.07) is 13.9. The molecule has 0 unspecified atom stereocenters. The van der Waals surface area contributed by atoms with Crippen molar-refractivity contribution >= 4 is 16.6 Å². The normalized spacial score (nSPS) is 13.4. The predicted molar refractivity (Wildman–Crippen MR) is 117 cm³/mol. The summed E-state index contributed by atoms with van der Waals surface area (Å²) in [5.74, 6) is 3.77. The zero-order valence-corrected chi connectivity index (χ0v) is 17.5. The second-order valence-corrected chi connectivity index (χ2v) is 7.54. The lowest BCUT2D eigenvalue weighted by Gasteiger charge is -2.11. The van der Waals surface area contributed by atoms with E-state index in [2.05, 4.69) is 25.7 Å². The Bertz CT molecular complexity index is 1220. The van der Waals surface area contributed by atoms with Gasteiger partial charge in [0.1, 0.15) is 0 Å². The minimum atomic E-state index is 0.419. The second kappa shape index (κ2) is 8.22.